The molecule has 0 saturated heterocycles. The van der Waals surface area contributed by atoms with Crippen LogP contribution in [0.2, 0.25) is 0 Å². The quantitative estimate of drug-likeness (QED) is 0.649. The van der Waals surface area contributed by atoms with Gasteiger partial charge in [0.1, 0.15) is 0 Å². The molecule has 2 aromatic rings. The minimum Gasteiger partial charge on any atom is -0.240 e. The smallest absolute Gasteiger partial charge is 0.0710 e. The molecule has 0 aliphatic rings. The first-order valence-electron chi connectivity index (χ1n) is 4.63. The van der Waals surface area contributed by atoms with Crippen LogP contribution in [0.4, 0.5) is 0 Å². The maximum absolute atomic E-state index is 4.26. The highest BCUT2D eigenvalue weighted by Gasteiger charge is 2.08. The summed E-state index contributed by atoms with van der Waals surface area (Å²) in [6.45, 7) is 6.55. The van der Waals surface area contributed by atoms with E-state index in [0.29, 0.717) is 5.92 Å². The van der Waals surface area contributed by atoms with Crippen molar-refractivity contribution in [1.29, 1.82) is 0 Å². The molecule has 0 aromatic carbocycles. The maximum atomic E-state index is 4.26. The summed E-state index contributed by atoms with van der Waals surface area (Å²) in [7, 11) is 0. The van der Waals surface area contributed by atoms with Gasteiger partial charge in [0.05, 0.1) is 5.52 Å². The molecule has 0 bridgehead atoms. The first kappa shape index (κ1) is 8.30. The van der Waals surface area contributed by atoms with Gasteiger partial charge in [-0.15, -0.1) is 0 Å². The highest BCUT2D eigenvalue weighted by Crippen LogP contribution is 2.23. The second kappa shape index (κ2) is 2.87. The summed E-state index contributed by atoms with van der Waals surface area (Å²) in [6.07, 6.45) is 3.87. The number of aromatic nitrogens is 2. The minimum atomic E-state index is 0.563. The van der Waals surface area contributed by atoms with Gasteiger partial charge in [-0.1, -0.05) is 13.8 Å². The van der Waals surface area contributed by atoms with Crippen LogP contribution in [0.3, 0.4) is 0 Å². The number of rotatable bonds is 1. The van der Waals surface area contributed by atoms with Gasteiger partial charge in [-0.3, -0.25) is 0 Å². The molecule has 0 atom stereocenters. The number of aryl methyl sites for hydroxylation is 1. The van der Waals surface area contributed by atoms with Crippen molar-refractivity contribution in [2.45, 2.75) is 26.7 Å². The van der Waals surface area contributed by atoms with Crippen LogP contribution in [0.5, 0.6) is 0 Å². The van der Waals surface area contributed by atoms with E-state index >= 15 is 0 Å². The zero-order chi connectivity index (χ0) is 9.42. The van der Waals surface area contributed by atoms with E-state index in [1.165, 1.54) is 16.6 Å². The van der Waals surface area contributed by atoms with Crippen LogP contribution in [-0.2, 0) is 0 Å². The average Bonchev–Trinajstić information content (AvgIpc) is 2.49. The van der Waals surface area contributed by atoms with Crippen LogP contribution < -0.4 is 0 Å². The van der Waals surface area contributed by atoms with Crippen LogP contribution in [0, 0.1) is 6.92 Å². The molecule has 0 fully saturated rings. The summed E-state index contributed by atoms with van der Waals surface area (Å²) >= 11 is 0. The minimum absolute atomic E-state index is 0.563. The number of hydrogen-bond acceptors (Lipinski definition) is 1. The summed E-state index contributed by atoms with van der Waals surface area (Å²) in [4.78, 5) is 0. The van der Waals surface area contributed by atoms with Crippen molar-refractivity contribution >= 4 is 5.52 Å². The van der Waals surface area contributed by atoms with E-state index in [9.17, 15) is 0 Å². The molecule has 0 radical (unpaired) electrons. The molecule has 0 aliphatic heterocycles. The highest BCUT2D eigenvalue weighted by molar-refractivity contribution is 5.61. The zero-order valence-corrected chi connectivity index (χ0v) is 8.28. The lowest BCUT2D eigenvalue weighted by atomic mass is 10.0. The second-order valence-electron chi connectivity index (χ2n) is 3.73. The van der Waals surface area contributed by atoms with Crippen molar-refractivity contribution < 1.29 is 0 Å². The summed E-state index contributed by atoms with van der Waals surface area (Å²) in [5.41, 5.74) is 3.94. The van der Waals surface area contributed by atoms with Crippen molar-refractivity contribution in [1.82, 2.24) is 9.61 Å². The predicted octanol–water partition coefficient (Wildman–Crippen LogP) is 2.77. The lowest BCUT2D eigenvalue weighted by molar-refractivity contribution is 0.867. The van der Waals surface area contributed by atoms with Crippen LogP contribution in [0.1, 0.15) is 30.9 Å². The SMILES string of the molecule is Cc1ccnn2ccc(C(C)C)c12. The summed E-state index contributed by atoms with van der Waals surface area (Å²) < 4.78 is 1.95. The van der Waals surface area contributed by atoms with E-state index in [1.54, 1.807) is 0 Å². The Balaban J connectivity index is 2.79. The first-order chi connectivity index (χ1) is 6.20. The largest absolute Gasteiger partial charge is 0.240 e. The Kier molecular flexibility index (Phi) is 1.83. The van der Waals surface area contributed by atoms with Gasteiger partial charge < -0.3 is 0 Å². The molecule has 2 heteroatoms. The molecule has 0 unspecified atom stereocenters. The fourth-order valence-electron chi connectivity index (χ4n) is 1.70. The number of nitrogens with zero attached hydrogens (tertiary/aromatic N) is 2. The zero-order valence-electron chi connectivity index (χ0n) is 8.28. The summed E-state index contributed by atoms with van der Waals surface area (Å²) in [6, 6.07) is 4.21. The monoisotopic (exact) mass is 174 g/mol. The highest BCUT2D eigenvalue weighted by atomic mass is 15.2. The van der Waals surface area contributed by atoms with E-state index in [0.717, 1.165) is 0 Å². The van der Waals surface area contributed by atoms with Crippen LogP contribution in [0.15, 0.2) is 24.5 Å². The van der Waals surface area contributed by atoms with Gasteiger partial charge >= 0.3 is 0 Å². The molecular weight excluding hydrogens is 160 g/mol. The molecule has 0 amide bonds. The van der Waals surface area contributed by atoms with Crippen molar-refractivity contribution in [3.8, 4) is 0 Å². The number of hydrogen-bond donors (Lipinski definition) is 0. The van der Waals surface area contributed by atoms with Crippen molar-refractivity contribution in [3.05, 3.63) is 35.7 Å². The Morgan fingerprint density at radius 2 is 2.08 bits per heavy atom. The molecule has 0 N–H and O–H groups in total. The molecular formula is C11H14N2. The molecule has 0 aliphatic carbocycles. The van der Waals surface area contributed by atoms with Gasteiger partial charge in [-0.2, -0.15) is 5.10 Å². The van der Waals surface area contributed by atoms with Gasteiger partial charge in [0.2, 0.25) is 0 Å². The van der Waals surface area contributed by atoms with E-state index in [-0.39, 0.29) is 0 Å². The van der Waals surface area contributed by atoms with Crippen molar-refractivity contribution in [3.63, 3.8) is 0 Å². The van der Waals surface area contributed by atoms with Crippen molar-refractivity contribution in [2.24, 2.45) is 0 Å². The number of fused-ring (bicyclic) bond motifs is 1. The molecule has 2 nitrogen and oxygen atoms in total. The third kappa shape index (κ3) is 1.22. The fourth-order valence-corrected chi connectivity index (χ4v) is 1.70. The molecule has 2 heterocycles. The first-order valence-corrected chi connectivity index (χ1v) is 4.63. The maximum Gasteiger partial charge on any atom is 0.0710 e. The molecule has 68 valence electrons. The topological polar surface area (TPSA) is 17.3 Å². The molecule has 13 heavy (non-hydrogen) atoms. The van der Waals surface area contributed by atoms with Gasteiger partial charge in [-0.25, -0.2) is 4.52 Å². The Bertz CT molecular complexity index is 427. The third-order valence-corrected chi connectivity index (χ3v) is 2.41. The Hall–Kier alpha value is -1.31. The Morgan fingerprint density at radius 3 is 2.77 bits per heavy atom. The van der Waals surface area contributed by atoms with Gasteiger partial charge in [0, 0.05) is 12.4 Å². The summed E-state index contributed by atoms with van der Waals surface area (Å²) in [5.74, 6) is 0.563. The fraction of sp³-hybridized carbons (Fsp3) is 0.364. The van der Waals surface area contributed by atoms with Gasteiger partial charge in [-0.05, 0) is 36.1 Å². The van der Waals surface area contributed by atoms with E-state index < -0.39 is 0 Å². The molecule has 2 aromatic heterocycles. The normalized spacial score (nSPS) is 11.4. The standard InChI is InChI=1S/C11H14N2/c1-8(2)10-5-7-13-11(10)9(3)4-6-12-13/h4-8H,1-3H3. The van der Waals surface area contributed by atoms with Crippen molar-refractivity contribution in [2.75, 3.05) is 0 Å². The third-order valence-electron chi connectivity index (χ3n) is 2.41. The lowest BCUT2D eigenvalue weighted by Gasteiger charge is -2.05. The molecule has 2 rings (SSSR count). The summed E-state index contributed by atoms with van der Waals surface area (Å²) in [5, 5.41) is 4.26. The second-order valence-corrected chi connectivity index (χ2v) is 3.73. The van der Waals surface area contributed by atoms with E-state index in [4.69, 9.17) is 0 Å². The molecule has 0 saturated carbocycles. The Labute approximate surface area is 78.2 Å². The van der Waals surface area contributed by atoms with Crippen LogP contribution in [-0.4, -0.2) is 9.61 Å². The van der Waals surface area contributed by atoms with E-state index in [1.807, 2.05) is 16.9 Å². The van der Waals surface area contributed by atoms with Crippen LogP contribution in [0.25, 0.3) is 5.52 Å². The predicted molar refractivity (Wildman–Crippen MR) is 54.0 cm³/mol. The van der Waals surface area contributed by atoms with Gasteiger partial charge in [0.25, 0.3) is 0 Å². The Morgan fingerprint density at radius 1 is 1.31 bits per heavy atom. The molecule has 0 spiro atoms. The van der Waals surface area contributed by atoms with Crippen LogP contribution >= 0.6 is 0 Å². The lowest BCUT2D eigenvalue weighted by Crippen LogP contribution is -1.93. The van der Waals surface area contributed by atoms with Gasteiger partial charge in [0.15, 0.2) is 0 Å². The van der Waals surface area contributed by atoms with E-state index in [2.05, 4.69) is 38.0 Å². The average molecular weight is 174 g/mol.